The van der Waals surface area contributed by atoms with Gasteiger partial charge in [0.25, 0.3) is 5.56 Å². The topological polar surface area (TPSA) is 52.2 Å². The van der Waals surface area contributed by atoms with Crippen LogP contribution in [0, 0.1) is 0 Å². The van der Waals surface area contributed by atoms with Gasteiger partial charge in [-0.3, -0.25) is 9.36 Å². The van der Waals surface area contributed by atoms with Crippen LogP contribution in [0.1, 0.15) is 13.3 Å². The second kappa shape index (κ2) is 6.54. The molecule has 0 saturated heterocycles. The van der Waals surface area contributed by atoms with E-state index in [0.717, 1.165) is 23.0 Å². The first-order valence-corrected chi connectivity index (χ1v) is 9.34. The van der Waals surface area contributed by atoms with Crippen molar-refractivity contribution in [2.75, 3.05) is 5.75 Å². The molecular weight excluding hydrogens is 356 g/mol. The van der Waals surface area contributed by atoms with Crippen molar-refractivity contribution in [3.05, 3.63) is 63.9 Å². The summed E-state index contributed by atoms with van der Waals surface area (Å²) >= 11 is 7.62. The summed E-state index contributed by atoms with van der Waals surface area (Å²) in [6, 6.07) is 14.8. The van der Waals surface area contributed by atoms with Gasteiger partial charge in [0.15, 0.2) is 5.16 Å². The molecule has 5 nitrogen and oxygen atoms in total. The van der Waals surface area contributed by atoms with Crippen LogP contribution in [0.4, 0.5) is 0 Å². The third-order valence-corrected chi connectivity index (χ3v) is 5.22. The van der Waals surface area contributed by atoms with Gasteiger partial charge in [0.05, 0.1) is 16.6 Å². The summed E-state index contributed by atoms with van der Waals surface area (Å²) in [4.78, 5) is 17.5. The van der Waals surface area contributed by atoms with E-state index in [2.05, 4.69) is 17.0 Å². The van der Waals surface area contributed by atoms with Gasteiger partial charge < -0.3 is 0 Å². The molecule has 0 aliphatic carbocycles. The number of thioether (sulfide) groups is 1. The minimum atomic E-state index is -0.160. The first-order valence-electron chi connectivity index (χ1n) is 7.98. The lowest BCUT2D eigenvalue weighted by Gasteiger charge is -2.07. The van der Waals surface area contributed by atoms with Crippen molar-refractivity contribution in [2.45, 2.75) is 18.5 Å². The fourth-order valence-corrected chi connectivity index (χ4v) is 3.63. The van der Waals surface area contributed by atoms with Crippen molar-refractivity contribution >= 4 is 40.0 Å². The highest BCUT2D eigenvalue weighted by Crippen LogP contribution is 2.25. The minimum Gasteiger partial charge on any atom is -0.267 e. The fourth-order valence-electron chi connectivity index (χ4n) is 2.67. The zero-order valence-corrected chi connectivity index (χ0v) is 15.1. The third-order valence-electron chi connectivity index (χ3n) is 3.83. The second-order valence-corrected chi connectivity index (χ2v) is 7.09. The third kappa shape index (κ3) is 2.81. The van der Waals surface area contributed by atoms with Crippen molar-refractivity contribution in [2.24, 2.45) is 0 Å². The molecule has 0 fully saturated rings. The van der Waals surface area contributed by atoms with E-state index < -0.39 is 0 Å². The summed E-state index contributed by atoms with van der Waals surface area (Å²) in [6.07, 6.45) is 1.01. The predicted octanol–water partition coefficient (Wildman–Crippen LogP) is 4.19. The lowest BCUT2D eigenvalue weighted by Crippen LogP contribution is -2.16. The molecule has 0 bridgehead atoms. The maximum Gasteiger partial charge on any atom is 0.283 e. The van der Waals surface area contributed by atoms with E-state index >= 15 is 0 Å². The van der Waals surface area contributed by atoms with Gasteiger partial charge >= 0.3 is 0 Å². The summed E-state index contributed by atoms with van der Waals surface area (Å²) in [7, 11) is 0. The Morgan fingerprint density at radius 1 is 1.12 bits per heavy atom. The van der Waals surface area contributed by atoms with Crippen molar-refractivity contribution in [3.8, 4) is 5.69 Å². The molecule has 2 aromatic heterocycles. The molecule has 4 rings (SSSR count). The molecule has 0 amide bonds. The minimum absolute atomic E-state index is 0.160. The highest BCUT2D eigenvalue weighted by atomic mass is 35.5. The Bertz CT molecular complexity index is 1120. The largest absolute Gasteiger partial charge is 0.283 e. The SMILES string of the molecule is CCCSc1nn2c(=O)c3ccccc3nc2n1-c1ccc(Cl)cc1. The zero-order chi connectivity index (χ0) is 17.4. The van der Waals surface area contributed by atoms with Crippen LogP contribution >= 0.6 is 23.4 Å². The fraction of sp³-hybridized carbons (Fsp3) is 0.167. The predicted molar refractivity (Wildman–Crippen MR) is 102 cm³/mol. The molecule has 4 aromatic rings. The van der Waals surface area contributed by atoms with Crippen LogP contribution in [0.5, 0.6) is 0 Å². The van der Waals surface area contributed by atoms with Gasteiger partial charge in [-0.25, -0.2) is 4.98 Å². The number of hydrogen-bond acceptors (Lipinski definition) is 4. The Morgan fingerprint density at radius 3 is 2.64 bits per heavy atom. The molecule has 7 heteroatoms. The van der Waals surface area contributed by atoms with Crippen molar-refractivity contribution < 1.29 is 0 Å². The number of nitrogens with zero attached hydrogens (tertiary/aromatic N) is 4. The van der Waals surface area contributed by atoms with E-state index in [9.17, 15) is 4.79 Å². The maximum absolute atomic E-state index is 12.8. The summed E-state index contributed by atoms with van der Waals surface area (Å²) in [5.74, 6) is 1.41. The number of benzene rings is 2. The highest BCUT2D eigenvalue weighted by Gasteiger charge is 2.17. The molecule has 25 heavy (non-hydrogen) atoms. The molecule has 2 aromatic carbocycles. The lowest BCUT2D eigenvalue weighted by molar-refractivity contribution is 0.839. The second-order valence-electron chi connectivity index (χ2n) is 5.59. The van der Waals surface area contributed by atoms with Crippen LogP contribution in [0.2, 0.25) is 5.02 Å². The van der Waals surface area contributed by atoms with E-state index in [4.69, 9.17) is 11.6 Å². The summed E-state index contributed by atoms with van der Waals surface area (Å²) < 4.78 is 3.29. The standard InChI is InChI=1S/C18H15ClN4OS/c1-2-11-25-18-21-23-16(24)14-5-3-4-6-15(14)20-17(23)22(18)13-9-7-12(19)8-10-13/h3-10H,2,11H2,1H3. The summed E-state index contributed by atoms with van der Waals surface area (Å²) in [5.41, 5.74) is 1.38. The Labute approximate surface area is 153 Å². The zero-order valence-electron chi connectivity index (χ0n) is 13.5. The van der Waals surface area contributed by atoms with Gasteiger partial charge in [-0.1, -0.05) is 42.4 Å². The Morgan fingerprint density at radius 2 is 1.88 bits per heavy atom. The van der Waals surface area contributed by atoms with E-state index in [1.165, 1.54) is 4.52 Å². The van der Waals surface area contributed by atoms with Gasteiger partial charge in [0, 0.05) is 10.8 Å². The number of aromatic nitrogens is 4. The van der Waals surface area contributed by atoms with E-state index in [0.29, 0.717) is 21.7 Å². The first kappa shape index (κ1) is 16.2. The van der Waals surface area contributed by atoms with Gasteiger partial charge in [-0.15, -0.1) is 5.10 Å². The summed E-state index contributed by atoms with van der Waals surface area (Å²) in [5, 5.41) is 6.49. The molecule has 2 heterocycles. The van der Waals surface area contributed by atoms with E-state index in [1.807, 2.05) is 47.0 Å². The Hall–Kier alpha value is -2.31. The lowest BCUT2D eigenvalue weighted by atomic mass is 10.2. The van der Waals surface area contributed by atoms with Crippen molar-refractivity contribution in [3.63, 3.8) is 0 Å². The van der Waals surface area contributed by atoms with Crippen LogP contribution in [0.25, 0.3) is 22.4 Å². The van der Waals surface area contributed by atoms with Crippen molar-refractivity contribution in [1.29, 1.82) is 0 Å². The smallest absolute Gasteiger partial charge is 0.267 e. The molecule has 0 spiro atoms. The van der Waals surface area contributed by atoms with Crippen LogP contribution in [-0.4, -0.2) is 24.9 Å². The van der Waals surface area contributed by atoms with Crippen LogP contribution < -0.4 is 5.56 Å². The molecule has 126 valence electrons. The number of para-hydroxylation sites is 1. The molecule has 0 atom stereocenters. The average Bonchev–Trinajstić information content (AvgIpc) is 2.99. The number of hydrogen-bond donors (Lipinski definition) is 0. The quantitative estimate of drug-likeness (QED) is 0.505. The van der Waals surface area contributed by atoms with Gasteiger partial charge in [-0.2, -0.15) is 4.52 Å². The van der Waals surface area contributed by atoms with E-state index in [1.54, 1.807) is 17.8 Å². The molecule has 0 aliphatic rings. The van der Waals surface area contributed by atoms with Gasteiger partial charge in [0.1, 0.15) is 0 Å². The molecule has 0 unspecified atom stereocenters. The highest BCUT2D eigenvalue weighted by molar-refractivity contribution is 7.99. The molecular formula is C18H15ClN4OS. The first-order chi connectivity index (χ1) is 12.2. The number of halogens is 1. The van der Waals surface area contributed by atoms with Crippen LogP contribution in [-0.2, 0) is 0 Å². The molecule has 0 aliphatic heterocycles. The average molecular weight is 371 g/mol. The van der Waals surface area contributed by atoms with Crippen molar-refractivity contribution in [1.82, 2.24) is 19.2 Å². The monoisotopic (exact) mass is 370 g/mol. The molecule has 0 radical (unpaired) electrons. The maximum atomic E-state index is 12.8. The Balaban J connectivity index is 2.06. The molecule has 0 saturated carbocycles. The van der Waals surface area contributed by atoms with E-state index in [-0.39, 0.29) is 5.56 Å². The van der Waals surface area contributed by atoms with Crippen LogP contribution in [0.15, 0.2) is 58.5 Å². The van der Waals surface area contributed by atoms with Gasteiger partial charge in [0.2, 0.25) is 5.78 Å². The number of rotatable bonds is 4. The Kier molecular flexibility index (Phi) is 4.23. The number of fused-ring (bicyclic) bond motifs is 2. The molecule has 0 N–H and O–H groups in total. The normalized spacial score (nSPS) is 11.4. The van der Waals surface area contributed by atoms with Crippen LogP contribution in [0.3, 0.4) is 0 Å². The summed E-state index contributed by atoms with van der Waals surface area (Å²) in [6.45, 7) is 2.11. The van der Waals surface area contributed by atoms with Gasteiger partial charge in [-0.05, 0) is 42.8 Å².